The van der Waals surface area contributed by atoms with E-state index in [1.165, 1.54) is 13.2 Å². The van der Waals surface area contributed by atoms with Gasteiger partial charge in [-0.25, -0.2) is 4.90 Å². The Hall–Kier alpha value is -3.43. The molecule has 9 nitrogen and oxygen atoms in total. The summed E-state index contributed by atoms with van der Waals surface area (Å²) in [5, 5.41) is 6.24. The summed E-state index contributed by atoms with van der Waals surface area (Å²) in [4.78, 5) is 53.5. The molecule has 4 N–H and O–H groups in total. The SMILES string of the molecule is COc1ccc(Cl)cc1N1C(=O)[C@@H]2[C@H](CC(N)=O)N[C@]3(C(=O)Nc4ccccc43)[C@H]2C1=O. The van der Waals surface area contributed by atoms with Crippen molar-refractivity contribution >= 4 is 46.6 Å². The van der Waals surface area contributed by atoms with E-state index in [4.69, 9.17) is 22.1 Å². The van der Waals surface area contributed by atoms with E-state index >= 15 is 0 Å². The number of imide groups is 1. The van der Waals surface area contributed by atoms with Gasteiger partial charge in [0.05, 0.1) is 24.6 Å². The summed E-state index contributed by atoms with van der Waals surface area (Å²) in [6.45, 7) is 0. The van der Waals surface area contributed by atoms with Crippen LogP contribution >= 0.6 is 11.6 Å². The fraction of sp³-hybridized carbons (Fsp3) is 0.273. The monoisotopic (exact) mass is 454 g/mol. The smallest absolute Gasteiger partial charge is 0.250 e. The van der Waals surface area contributed by atoms with E-state index in [1.54, 1.807) is 36.4 Å². The molecule has 10 heteroatoms. The van der Waals surface area contributed by atoms with E-state index in [0.717, 1.165) is 4.90 Å². The molecule has 0 aromatic heterocycles. The number of nitrogens with one attached hydrogen (secondary N) is 2. The third-order valence-corrected chi connectivity index (χ3v) is 6.66. The first-order valence-corrected chi connectivity index (χ1v) is 10.4. The zero-order valence-corrected chi connectivity index (χ0v) is 17.7. The normalized spacial score (nSPS) is 28.1. The average molecular weight is 455 g/mol. The molecule has 0 bridgehead atoms. The van der Waals surface area contributed by atoms with Crippen LogP contribution in [0.2, 0.25) is 5.02 Å². The quantitative estimate of drug-likeness (QED) is 0.594. The number of nitrogens with two attached hydrogens (primary N) is 1. The molecule has 164 valence electrons. The maximum Gasteiger partial charge on any atom is 0.250 e. The van der Waals surface area contributed by atoms with Gasteiger partial charge >= 0.3 is 0 Å². The second-order valence-electron chi connectivity index (χ2n) is 8.06. The molecule has 0 unspecified atom stereocenters. The highest BCUT2D eigenvalue weighted by Crippen LogP contribution is 2.54. The summed E-state index contributed by atoms with van der Waals surface area (Å²) in [5.74, 6) is -4.01. The van der Waals surface area contributed by atoms with Crippen molar-refractivity contribution in [2.75, 3.05) is 17.3 Å². The second kappa shape index (κ2) is 7.04. The van der Waals surface area contributed by atoms with Crippen LogP contribution in [0.3, 0.4) is 0 Å². The topological polar surface area (TPSA) is 131 Å². The van der Waals surface area contributed by atoms with Crippen LogP contribution < -0.4 is 26.0 Å². The van der Waals surface area contributed by atoms with E-state index in [-0.39, 0.29) is 17.9 Å². The predicted octanol–water partition coefficient (Wildman–Crippen LogP) is 1.15. The number of methoxy groups -OCH3 is 1. The summed E-state index contributed by atoms with van der Waals surface area (Å²) in [6.07, 6.45) is -0.210. The van der Waals surface area contributed by atoms with Crippen molar-refractivity contribution in [3.63, 3.8) is 0 Å². The van der Waals surface area contributed by atoms with Gasteiger partial charge in [-0.2, -0.15) is 0 Å². The van der Waals surface area contributed by atoms with Crippen LogP contribution in [-0.2, 0) is 24.7 Å². The van der Waals surface area contributed by atoms with Gasteiger partial charge in [-0.05, 0) is 24.3 Å². The number of carbonyl (C=O) groups is 4. The first-order chi connectivity index (χ1) is 15.3. The zero-order valence-electron chi connectivity index (χ0n) is 16.9. The third-order valence-electron chi connectivity index (χ3n) is 6.43. The lowest BCUT2D eigenvalue weighted by atomic mass is 9.76. The summed E-state index contributed by atoms with van der Waals surface area (Å²) < 4.78 is 5.34. The number of ether oxygens (including phenoxy) is 1. The number of nitrogens with zero attached hydrogens (tertiary/aromatic N) is 1. The Kier molecular flexibility index (Phi) is 4.51. The molecule has 3 aliphatic rings. The second-order valence-corrected chi connectivity index (χ2v) is 8.50. The standard InChI is InChI=1S/C22H19ClN4O5/c1-32-15-7-6-10(23)8-14(15)27-19(29)17-13(9-16(24)28)26-22(18(17)20(27)30)11-4-2-3-5-12(11)25-21(22)31/h2-8,13,17-18,26H,9H2,1H3,(H2,24,28)(H,25,31)/t13-,17+,18+,22-/m0/s1. The molecule has 2 fully saturated rings. The van der Waals surface area contributed by atoms with Gasteiger partial charge in [-0.3, -0.25) is 24.5 Å². The summed E-state index contributed by atoms with van der Waals surface area (Å²) in [6, 6.07) is 10.7. The number of primary amides is 1. The Morgan fingerprint density at radius 1 is 1.19 bits per heavy atom. The van der Waals surface area contributed by atoms with Crippen molar-refractivity contribution in [3.8, 4) is 5.75 Å². The number of benzene rings is 2. The van der Waals surface area contributed by atoms with Crippen molar-refractivity contribution in [1.82, 2.24) is 5.32 Å². The van der Waals surface area contributed by atoms with E-state index in [2.05, 4.69) is 10.6 Å². The van der Waals surface area contributed by atoms with Gasteiger partial charge in [0.15, 0.2) is 0 Å². The Morgan fingerprint density at radius 3 is 2.66 bits per heavy atom. The molecule has 0 saturated carbocycles. The molecule has 4 amide bonds. The van der Waals surface area contributed by atoms with Gasteiger partial charge in [0, 0.05) is 28.7 Å². The Morgan fingerprint density at radius 2 is 1.94 bits per heavy atom. The summed E-state index contributed by atoms with van der Waals surface area (Å²) >= 11 is 6.13. The highest BCUT2D eigenvalue weighted by molar-refractivity contribution is 6.32. The Bertz CT molecular complexity index is 1200. The lowest BCUT2D eigenvalue weighted by Crippen LogP contribution is -2.53. The molecular weight excluding hydrogens is 436 g/mol. The van der Waals surface area contributed by atoms with Crippen molar-refractivity contribution < 1.29 is 23.9 Å². The number of anilines is 2. The summed E-state index contributed by atoms with van der Waals surface area (Å²) in [7, 11) is 1.41. The van der Waals surface area contributed by atoms with E-state index in [0.29, 0.717) is 16.3 Å². The first-order valence-electron chi connectivity index (χ1n) is 9.98. The molecule has 3 heterocycles. The molecule has 5 rings (SSSR count). The number of hydrogen-bond donors (Lipinski definition) is 3. The number of hydrogen-bond acceptors (Lipinski definition) is 6. The van der Waals surface area contributed by atoms with Crippen LogP contribution in [0.1, 0.15) is 12.0 Å². The van der Waals surface area contributed by atoms with Crippen molar-refractivity contribution in [3.05, 3.63) is 53.1 Å². The molecule has 1 spiro atoms. The number of rotatable bonds is 4. The van der Waals surface area contributed by atoms with E-state index in [9.17, 15) is 19.2 Å². The van der Waals surface area contributed by atoms with Crippen LogP contribution in [0.25, 0.3) is 0 Å². The van der Waals surface area contributed by atoms with Crippen molar-refractivity contribution in [1.29, 1.82) is 0 Å². The number of amides is 4. The molecule has 2 saturated heterocycles. The van der Waals surface area contributed by atoms with Gasteiger partial charge < -0.3 is 15.8 Å². The molecule has 0 aliphatic carbocycles. The number of para-hydroxylation sites is 1. The molecular formula is C22H19ClN4O5. The predicted molar refractivity (Wildman–Crippen MR) is 115 cm³/mol. The Balaban J connectivity index is 1.69. The Labute approximate surface area is 187 Å². The number of carbonyl (C=O) groups excluding carboxylic acids is 4. The van der Waals surface area contributed by atoms with Gasteiger partial charge in [0.1, 0.15) is 11.3 Å². The van der Waals surface area contributed by atoms with Crippen LogP contribution in [0.15, 0.2) is 42.5 Å². The van der Waals surface area contributed by atoms with Crippen LogP contribution in [0.5, 0.6) is 5.75 Å². The third kappa shape index (κ3) is 2.61. The van der Waals surface area contributed by atoms with E-state index in [1.807, 2.05) is 0 Å². The van der Waals surface area contributed by atoms with Crippen LogP contribution in [-0.4, -0.2) is 36.8 Å². The molecule has 2 aromatic carbocycles. The lowest BCUT2D eigenvalue weighted by molar-refractivity contribution is -0.130. The zero-order chi connectivity index (χ0) is 22.8. The number of halogens is 1. The van der Waals surface area contributed by atoms with Crippen molar-refractivity contribution in [2.24, 2.45) is 17.6 Å². The fourth-order valence-corrected chi connectivity index (χ4v) is 5.39. The van der Waals surface area contributed by atoms with Gasteiger partial charge in [0.2, 0.25) is 23.6 Å². The maximum absolute atomic E-state index is 13.8. The number of fused-ring (bicyclic) bond motifs is 4. The molecule has 32 heavy (non-hydrogen) atoms. The maximum atomic E-state index is 13.8. The van der Waals surface area contributed by atoms with Gasteiger partial charge in [-0.1, -0.05) is 29.8 Å². The molecule has 4 atom stereocenters. The van der Waals surface area contributed by atoms with Gasteiger partial charge in [-0.15, -0.1) is 0 Å². The molecule has 2 aromatic rings. The summed E-state index contributed by atoms with van der Waals surface area (Å²) in [5.41, 5.74) is 5.21. The molecule has 3 aliphatic heterocycles. The minimum Gasteiger partial charge on any atom is -0.495 e. The van der Waals surface area contributed by atoms with Crippen LogP contribution in [0.4, 0.5) is 11.4 Å². The van der Waals surface area contributed by atoms with Crippen molar-refractivity contribution in [2.45, 2.75) is 18.0 Å². The highest BCUT2D eigenvalue weighted by atomic mass is 35.5. The fourth-order valence-electron chi connectivity index (χ4n) is 5.23. The van der Waals surface area contributed by atoms with Gasteiger partial charge in [0.25, 0.3) is 0 Å². The van der Waals surface area contributed by atoms with E-state index < -0.39 is 47.0 Å². The lowest BCUT2D eigenvalue weighted by Gasteiger charge is -2.29. The molecule has 0 radical (unpaired) electrons. The largest absolute Gasteiger partial charge is 0.495 e. The average Bonchev–Trinajstić information content (AvgIpc) is 3.32. The minimum atomic E-state index is -1.51. The highest BCUT2D eigenvalue weighted by Gasteiger charge is 2.70. The first kappa shape index (κ1) is 20.5. The minimum absolute atomic E-state index is 0.184. The van der Waals surface area contributed by atoms with Crippen LogP contribution in [0, 0.1) is 11.8 Å².